The maximum atomic E-state index is 9.99. The van der Waals surface area contributed by atoms with Gasteiger partial charge in [0.25, 0.3) is 12.9 Å². The summed E-state index contributed by atoms with van der Waals surface area (Å²) in [4.78, 5) is 20.0. The highest BCUT2D eigenvalue weighted by Gasteiger charge is 1.98. The molecule has 2 rings (SSSR count). The van der Waals surface area contributed by atoms with Crippen LogP contribution in [0.25, 0.3) is 0 Å². The van der Waals surface area contributed by atoms with E-state index in [0.717, 1.165) is 5.56 Å². The van der Waals surface area contributed by atoms with Crippen LogP contribution in [0.4, 0.5) is 0 Å². The molecule has 0 heterocycles. The Bertz CT molecular complexity index is 630. The highest BCUT2D eigenvalue weighted by Crippen LogP contribution is 2.18. The number of ether oxygens (including phenoxy) is 2. The summed E-state index contributed by atoms with van der Waals surface area (Å²) in [5.41, 5.74) is 3.39. The average Bonchev–Trinajstić information content (AvgIpc) is 2.52. The van der Waals surface area contributed by atoms with Crippen LogP contribution in [-0.4, -0.2) is 12.9 Å². The minimum Gasteiger partial charge on any atom is -0.429 e. The van der Waals surface area contributed by atoms with Crippen molar-refractivity contribution in [3.63, 3.8) is 0 Å². The molecule has 4 heteroatoms. The lowest BCUT2D eigenvalue weighted by Crippen LogP contribution is -1.91. The van der Waals surface area contributed by atoms with Gasteiger partial charge in [-0.05, 0) is 49.1 Å². The Morgan fingerprint density at radius 2 is 1.48 bits per heavy atom. The van der Waals surface area contributed by atoms with Crippen molar-refractivity contribution in [2.24, 2.45) is 0 Å². The molecule has 0 saturated carbocycles. The molecular weight excluding hydrogens is 292 g/mol. The van der Waals surface area contributed by atoms with Crippen molar-refractivity contribution in [3.8, 4) is 11.5 Å². The highest BCUT2D eigenvalue weighted by atomic mass is 16.5. The van der Waals surface area contributed by atoms with Gasteiger partial charge in [0, 0.05) is 0 Å². The zero-order valence-electron chi connectivity index (χ0n) is 13.9. The molecule has 122 valence electrons. The van der Waals surface area contributed by atoms with Gasteiger partial charge in [0.15, 0.2) is 0 Å². The van der Waals surface area contributed by atoms with Crippen LogP contribution in [0.5, 0.6) is 11.5 Å². The molecule has 0 saturated heterocycles. The minimum atomic E-state index is 0.435. The summed E-state index contributed by atoms with van der Waals surface area (Å²) in [6, 6.07) is 13.2. The van der Waals surface area contributed by atoms with E-state index in [1.165, 1.54) is 11.1 Å². The lowest BCUT2D eigenvalue weighted by molar-refractivity contribution is -0.121. The van der Waals surface area contributed by atoms with Crippen LogP contribution in [0.15, 0.2) is 42.5 Å². The van der Waals surface area contributed by atoms with E-state index >= 15 is 0 Å². The van der Waals surface area contributed by atoms with Crippen LogP contribution in [0.3, 0.4) is 0 Å². The van der Waals surface area contributed by atoms with Gasteiger partial charge >= 0.3 is 0 Å². The van der Waals surface area contributed by atoms with Crippen molar-refractivity contribution in [2.45, 2.75) is 33.6 Å². The standard InChI is InChI=1S/C10H12O2.C9H10O2/c1-8(2)9-3-5-10(6-4-9)12-7-11;1-7-3-4-9(11-6-10)8(2)5-7/h3-8H,1-2H3;3-6H,1-2H3. The predicted octanol–water partition coefficient (Wildman–Crippen LogP) is 4.18. The fourth-order valence-electron chi connectivity index (χ4n) is 1.97. The van der Waals surface area contributed by atoms with E-state index in [1.807, 2.05) is 38.1 Å². The van der Waals surface area contributed by atoms with Gasteiger partial charge in [0.1, 0.15) is 11.5 Å². The second-order valence-electron chi connectivity index (χ2n) is 5.42. The largest absolute Gasteiger partial charge is 0.429 e. The molecule has 0 aliphatic rings. The smallest absolute Gasteiger partial charge is 0.298 e. The Balaban J connectivity index is 0.000000231. The normalized spacial score (nSPS) is 9.61. The molecule has 0 unspecified atom stereocenters. The van der Waals surface area contributed by atoms with Gasteiger partial charge < -0.3 is 9.47 Å². The molecular formula is C19H22O4. The van der Waals surface area contributed by atoms with Crippen molar-refractivity contribution in [1.29, 1.82) is 0 Å². The molecule has 2 aromatic rings. The number of benzene rings is 2. The van der Waals surface area contributed by atoms with E-state index in [2.05, 4.69) is 18.6 Å². The third-order valence-corrected chi connectivity index (χ3v) is 3.24. The molecule has 0 aromatic heterocycles. The molecule has 2 aromatic carbocycles. The maximum absolute atomic E-state index is 9.99. The second-order valence-corrected chi connectivity index (χ2v) is 5.42. The number of carbonyl (C=O) groups is 2. The van der Waals surface area contributed by atoms with Crippen LogP contribution >= 0.6 is 0 Å². The molecule has 0 N–H and O–H groups in total. The van der Waals surface area contributed by atoms with Crippen LogP contribution in [0.1, 0.15) is 36.5 Å². The highest BCUT2D eigenvalue weighted by molar-refractivity contribution is 5.48. The predicted molar refractivity (Wildman–Crippen MR) is 89.8 cm³/mol. The third-order valence-electron chi connectivity index (χ3n) is 3.24. The fraction of sp³-hybridized carbons (Fsp3) is 0.263. The second kappa shape index (κ2) is 9.41. The zero-order chi connectivity index (χ0) is 17.2. The van der Waals surface area contributed by atoms with Gasteiger partial charge in [-0.15, -0.1) is 0 Å². The first-order chi connectivity index (χ1) is 11.0. The van der Waals surface area contributed by atoms with Crippen molar-refractivity contribution in [2.75, 3.05) is 0 Å². The number of aryl methyl sites for hydroxylation is 2. The molecule has 0 spiro atoms. The van der Waals surface area contributed by atoms with E-state index in [4.69, 9.17) is 4.74 Å². The first-order valence-corrected chi connectivity index (χ1v) is 7.35. The molecule has 0 amide bonds. The van der Waals surface area contributed by atoms with Crippen molar-refractivity contribution >= 4 is 12.9 Å². The first kappa shape index (κ1) is 18.4. The summed E-state index contributed by atoms with van der Waals surface area (Å²) in [5.74, 6) is 1.73. The van der Waals surface area contributed by atoms with Crippen LogP contribution in [0, 0.1) is 13.8 Å². The fourth-order valence-corrected chi connectivity index (χ4v) is 1.97. The first-order valence-electron chi connectivity index (χ1n) is 7.35. The molecule has 0 radical (unpaired) electrons. The van der Waals surface area contributed by atoms with Gasteiger partial charge in [-0.25, -0.2) is 0 Å². The molecule has 0 atom stereocenters. The molecule has 0 bridgehead atoms. The van der Waals surface area contributed by atoms with Crippen LogP contribution < -0.4 is 9.47 Å². The summed E-state index contributed by atoms with van der Waals surface area (Å²) in [7, 11) is 0. The van der Waals surface area contributed by atoms with E-state index in [1.54, 1.807) is 18.2 Å². The Hall–Kier alpha value is -2.62. The van der Waals surface area contributed by atoms with Gasteiger partial charge in [-0.1, -0.05) is 43.7 Å². The van der Waals surface area contributed by atoms with E-state index in [0.29, 0.717) is 30.4 Å². The summed E-state index contributed by atoms with van der Waals surface area (Å²) < 4.78 is 9.37. The molecule has 0 fully saturated rings. The Morgan fingerprint density at radius 3 is 1.96 bits per heavy atom. The van der Waals surface area contributed by atoms with Gasteiger partial charge in [-0.3, -0.25) is 9.59 Å². The average molecular weight is 314 g/mol. The monoisotopic (exact) mass is 314 g/mol. The Kier molecular flexibility index (Phi) is 7.54. The SMILES string of the molecule is CC(C)c1ccc(OC=O)cc1.Cc1ccc(OC=O)c(C)c1. The number of hydrogen-bond donors (Lipinski definition) is 0. The zero-order valence-corrected chi connectivity index (χ0v) is 13.9. The topological polar surface area (TPSA) is 52.6 Å². The van der Waals surface area contributed by atoms with Crippen LogP contribution in [-0.2, 0) is 9.59 Å². The number of carbonyl (C=O) groups excluding carboxylic acids is 2. The Morgan fingerprint density at radius 1 is 0.870 bits per heavy atom. The Labute approximate surface area is 137 Å². The minimum absolute atomic E-state index is 0.435. The number of hydrogen-bond acceptors (Lipinski definition) is 4. The molecule has 0 aliphatic heterocycles. The molecule has 23 heavy (non-hydrogen) atoms. The molecule has 0 aliphatic carbocycles. The van der Waals surface area contributed by atoms with E-state index < -0.39 is 0 Å². The lowest BCUT2D eigenvalue weighted by atomic mass is 10.0. The quantitative estimate of drug-likeness (QED) is 0.777. The third kappa shape index (κ3) is 6.34. The summed E-state index contributed by atoms with van der Waals surface area (Å²) in [6.45, 7) is 9.02. The van der Waals surface area contributed by atoms with Crippen molar-refractivity contribution in [1.82, 2.24) is 0 Å². The number of rotatable bonds is 5. The summed E-state index contributed by atoms with van der Waals surface area (Å²) >= 11 is 0. The summed E-state index contributed by atoms with van der Waals surface area (Å²) in [5, 5.41) is 0. The van der Waals surface area contributed by atoms with E-state index in [-0.39, 0.29) is 0 Å². The van der Waals surface area contributed by atoms with Gasteiger partial charge in [0.05, 0.1) is 0 Å². The van der Waals surface area contributed by atoms with Crippen molar-refractivity contribution < 1.29 is 19.1 Å². The summed E-state index contributed by atoms with van der Waals surface area (Å²) in [6.07, 6.45) is 0. The van der Waals surface area contributed by atoms with Gasteiger partial charge in [0.2, 0.25) is 0 Å². The molecule has 4 nitrogen and oxygen atoms in total. The van der Waals surface area contributed by atoms with Gasteiger partial charge in [-0.2, -0.15) is 0 Å². The maximum Gasteiger partial charge on any atom is 0.298 e. The lowest BCUT2D eigenvalue weighted by Gasteiger charge is -2.04. The van der Waals surface area contributed by atoms with Crippen LogP contribution in [0.2, 0.25) is 0 Å². The van der Waals surface area contributed by atoms with E-state index in [9.17, 15) is 9.59 Å². The van der Waals surface area contributed by atoms with Crippen molar-refractivity contribution in [3.05, 3.63) is 59.2 Å².